The monoisotopic (exact) mass is 534 g/mol. The Morgan fingerprint density at radius 3 is 1.66 bits per heavy atom. The second kappa shape index (κ2) is 10.6. The topological polar surface area (TPSA) is 40.5 Å². The van der Waals surface area contributed by atoms with Crippen LogP contribution in [0.5, 0.6) is 0 Å². The van der Waals surface area contributed by atoms with Crippen molar-refractivity contribution in [3.63, 3.8) is 0 Å². The Morgan fingerprint density at radius 2 is 1.00 bits per heavy atom. The van der Waals surface area contributed by atoms with Crippen molar-refractivity contribution in [1.29, 1.82) is 0 Å². The van der Waals surface area contributed by atoms with Crippen molar-refractivity contribution in [2.45, 2.75) is 31.1 Å². The zero-order chi connectivity index (χ0) is 27.8. The van der Waals surface area contributed by atoms with Gasteiger partial charge in [0.15, 0.2) is 0 Å². The second-order valence-electron chi connectivity index (χ2n) is 11.3. The van der Waals surface area contributed by atoms with E-state index >= 15 is 0 Å². The third-order valence-electron chi connectivity index (χ3n) is 9.04. The predicted molar refractivity (Wildman–Crippen MR) is 171 cm³/mol. The maximum atomic E-state index is 10.1. The fourth-order valence-corrected chi connectivity index (χ4v) is 7.24. The van der Waals surface area contributed by atoms with Gasteiger partial charge in [0.1, 0.15) is 0 Å². The standard InChI is InChI=1S/C39H34O2/c40-23-7-21-39(22-8-24-41)36-14-6-5-13-34(36)35-20-19-33(31-17-15-27-9-1-3-11-29(27)25-31)37(38(35)39)32-18-16-28-10-2-4-12-30(28)26-32/h1-6,9-20,25-26,40-41H,7-8,21-24H2. The van der Waals surface area contributed by atoms with E-state index in [-0.39, 0.29) is 18.6 Å². The molecule has 1 aliphatic rings. The van der Waals surface area contributed by atoms with Gasteiger partial charge in [0.05, 0.1) is 0 Å². The number of benzene rings is 6. The van der Waals surface area contributed by atoms with Crippen molar-refractivity contribution in [1.82, 2.24) is 0 Å². The molecule has 1 aliphatic carbocycles. The molecule has 6 aromatic rings. The highest BCUT2D eigenvalue weighted by molar-refractivity contribution is 6.00. The van der Waals surface area contributed by atoms with Crippen molar-refractivity contribution in [2.75, 3.05) is 13.2 Å². The lowest BCUT2D eigenvalue weighted by molar-refractivity contribution is 0.247. The molecule has 2 heteroatoms. The van der Waals surface area contributed by atoms with Crippen LogP contribution in [-0.4, -0.2) is 23.4 Å². The lowest BCUT2D eigenvalue weighted by Gasteiger charge is -2.35. The van der Waals surface area contributed by atoms with Crippen LogP contribution in [0.4, 0.5) is 0 Å². The van der Waals surface area contributed by atoms with Crippen molar-refractivity contribution in [3.05, 3.63) is 132 Å². The van der Waals surface area contributed by atoms with Crippen LogP contribution in [-0.2, 0) is 5.41 Å². The molecule has 0 aliphatic heterocycles. The molecular weight excluding hydrogens is 500 g/mol. The van der Waals surface area contributed by atoms with Gasteiger partial charge in [-0.3, -0.25) is 0 Å². The third-order valence-corrected chi connectivity index (χ3v) is 9.04. The van der Waals surface area contributed by atoms with Gasteiger partial charge in [0.25, 0.3) is 0 Å². The SMILES string of the molecule is OCCCC1(CCCO)c2ccccc2-c2ccc(-c3ccc4ccccc4c3)c(-c3ccc4ccccc4c3)c21. The molecule has 2 N–H and O–H groups in total. The van der Waals surface area contributed by atoms with Gasteiger partial charge < -0.3 is 10.2 Å². The number of aliphatic hydroxyl groups is 2. The van der Waals surface area contributed by atoms with Crippen molar-refractivity contribution >= 4 is 21.5 Å². The van der Waals surface area contributed by atoms with Crippen LogP contribution >= 0.6 is 0 Å². The van der Waals surface area contributed by atoms with Crippen LogP contribution in [0.3, 0.4) is 0 Å². The molecule has 0 atom stereocenters. The van der Waals surface area contributed by atoms with Crippen molar-refractivity contribution in [3.8, 4) is 33.4 Å². The smallest absolute Gasteiger partial charge is 0.0431 e. The van der Waals surface area contributed by atoms with E-state index in [1.807, 2.05) is 0 Å². The average molecular weight is 535 g/mol. The molecule has 0 fully saturated rings. The Hall–Kier alpha value is -4.24. The van der Waals surface area contributed by atoms with Crippen LogP contribution in [0, 0.1) is 0 Å². The minimum Gasteiger partial charge on any atom is -0.396 e. The number of fused-ring (bicyclic) bond motifs is 5. The molecule has 0 spiro atoms. The fourth-order valence-electron chi connectivity index (χ4n) is 7.24. The number of hydrogen-bond donors (Lipinski definition) is 2. The minimum atomic E-state index is -0.300. The highest BCUT2D eigenvalue weighted by Crippen LogP contribution is 2.58. The molecule has 0 radical (unpaired) electrons. The zero-order valence-electron chi connectivity index (χ0n) is 23.2. The Balaban J connectivity index is 1.58. The Bertz CT molecular complexity index is 1880. The molecule has 2 nitrogen and oxygen atoms in total. The van der Waals surface area contributed by atoms with Crippen LogP contribution in [0.2, 0.25) is 0 Å². The van der Waals surface area contributed by atoms with E-state index in [0.29, 0.717) is 12.8 Å². The van der Waals surface area contributed by atoms with E-state index in [2.05, 4.69) is 121 Å². The molecule has 7 rings (SSSR count). The highest BCUT2D eigenvalue weighted by atomic mass is 16.3. The van der Waals surface area contributed by atoms with Gasteiger partial charge in [-0.05, 0) is 104 Å². The van der Waals surface area contributed by atoms with Crippen LogP contribution in [0.1, 0.15) is 36.8 Å². The number of rotatable bonds is 8. The van der Waals surface area contributed by atoms with Gasteiger partial charge in [-0.15, -0.1) is 0 Å². The summed E-state index contributed by atoms with van der Waals surface area (Å²) < 4.78 is 0. The van der Waals surface area contributed by atoms with E-state index in [1.54, 1.807) is 0 Å². The first-order valence-electron chi connectivity index (χ1n) is 14.7. The van der Waals surface area contributed by atoms with E-state index < -0.39 is 0 Å². The Labute approximate surface area is 241 Å². The lowest BCUT2D eigenvalue weighted by atomic mass is 9.68. The molecule has 0 unspecified atom stereocenters. The van der Waals surface area contributed by atoms with Gasteiger partial charge in [-0.25, -0.2) is 0 Å². The summed E-state index contributed by atoms with van der Waals surface area (Å²) in [6, 6.07) is 44.1. The second-order valence-corrected chi connectivity index (χ2v) is 11.3. The first kappa shape index (κ1) is 25.7. The maximum Gasteiger partial charge on any atom is 0.0431 e. The summed E-state index contributed by atoms with van der Waals surface area (Å²) in [5.41, 5.74) is 9.76. The summed E-state index contributed by atoms with van der Waals surface area (Å²) in [4.78, 5) is 0. The summed E-state index contributed by atoms with van der Waals surface area (Å²) in [5, 5.41) is 25.0. The fraction of sp³-hybridized carbons (Fsp3) is 0.179. The molecule has 202 valence electrons. The number of aliphatic hydroxyl groups excluding tert-OH is 2. The van der Waals surface area contributed by atoms with E-state index in [0.717, 1.165) is 12.8 Å². The van der Waals surface area contributed by atoms with Crippen LogP contribution < -0.4 is 0 Å². The molecular formula is C39H34O2. The third kappa shape index (κ3) is 4.26. The van der Waals surface area contributed by atoms with E-state index in [9.17, 15) is 10.2 Å². The highest BCUT2D eigenvalue weighted by Gasteiger charge is 2.44. The molecule has 0 amide bonds. The zero-order valence-corrected chi connectivity index (χ0v) is 23.2. The van der Waals surface area contributed by atoms with Crippen molar-refractivity contribution in [2.24, 2.45) is 0 Å². The molecule has 0 saturated carbocycles. The lowest BCUT2D eigenvalue weighted by Crippen LogP contribution is -2.27. The van der Waals surface area contributed by atoms with E-state index in [1.165, 1.54) is 66.1 Å². The van der Waals surface area contributed by atoms with Gasteiger partial charge in [0.2, 0.25) is 0 Å². The molecule has 0 saturated heterocycles. The normalized spacial score (nSPS) is 13.4. The van der Waals surface area contributed by atoms with Crippen LogP contribution in [0.15, 0.2) is 121 Å². The van der Waals surface area contributed by atoms with Gasteiger partial charge >= 0.3 is 0 Å². The van der Waals surface area contributed by atoms with Gasteiger partial charge in [0, 0.05) is 18.6 Å². The molecule has 6 aromatic carbocycles. The molecule has 0 aromatic heterocycles. The minimum absolute atomic E-state index is 0.147. The maximum absolute atomic E-state index is 10.1. The van der Waals surface area contributed by atoms with Gasteiger partial charge in [-0.1, -0.05) is 109 Å². The largest absolute Gasteiger partial charge is 0.396 e. The first-order valence-corrected chi connectivity index (χ1v) is 14.7. The van der Waals surface area contributed by atoms with E-state index in [4.69, 9.17) is 0 Å². The average Bonchev–Trinajstić information content (AvgIpc) is 3.31. The summed E-state index contributed by atoms with van der Waals surface area (Å²) in [6.07, 6.45) is 3.07. The number of hydrogen-bond acceptors (Lipinski definition) is 2. The van der Waals surface area contributed by atoms with Gasteiger partial charge in [-0.2, -0.15) is 0 Å². The Morgan fingerprint density at radius 1 is 0.463 bits per heavy atom. The summed E-state index contributed by atoms with van der Waals surface area (Å²) in [5.74, 6) is 0. The summed E-state index contributed by atoms with van der Waals surface area (Å²) in [7, 11) is 0. The first-order chi connectivity index (χ1) is 20.2. The van der Waals surface area contributed by atoms with Crippen molar-refractivity contribution < 1.29 is 10.2 Å². The van der Waals surface area contributed by atoms with Crippen LogP contribution in [0.25, 0.3) is 54.9 Å². The summed E-state index contributed by atoms with van der Waals surface area (Å²) in [6.45, 7) is 0.294. The molecule has 41 heavy (non-hydrogen) atoms. The molecule has 0 bridgehead atoms. The quantitative estimate of drug-likeness (QED) is 0.204. The predicted octanol–water partition coefficient (Wildman–Crippen LogP) is 9.14. The summed E-state index contributed by atoms with van der Waals surface area (Å²) >= 11 is 0. The molecule has 0 heterocycles. The Kier molecular flexibility index (Phi) is 6.66.